The second-order valence-corrected chi connectivity index (χ2v) is 4.33. The summed E-state index contributed by atoms with van der Waals surface area (Å²) in [5.74, 6) is -0.274. The number of carbonyl (C=O) groups is 1. The van der Waals surface area contributed by atoms with Gasteiger partial charge in [0.25, 0.3) is 0 Å². The molecule has 2 heterocycles. The number of carbonyl (C=O) groups excluding carboxylic acids is 1. The monoisotopic (exact) mass is 235 g/mol. The zero-order valence-electron chi connectivity index (χ0n) is 9.85. The van der Waals surface area contributed by atoms with Gasteiger partial charge in [-0.05, 0) is 18.6 Å². The fraction of sp³-hybridized carbons (Fsp3) is 0.500. The number of nitrogens with two attached hydrogens (primary N) is 1. The molecule has 3 N–H and O–H groups in total. The molecule has 0 radical (unpaired) electrons. The number of hydrogen-bond donors (Lipinski definition) is 2. The Morgan fingerprint density at radius 1 is 1.59 bits per heavy atom. The highest BCUT2D eigenvalue weighted by atomic mass is 16.5. The normalized spacial score (nSPS) is 23.6. The highest BCUT2D eigenvalue weighted by Gasteiger charge is 2.30. The second kappa shape index (κ2) is 5.25. The Morgan fingerprint density at radius 2 is 2.41 bits per heavy atom. The fourth-order valence-electron chi connectivity index (χ4n) is 1.76. The smallest absolute Gasteiger partial charge is 0.227 e. The first-order valence-corrected chi connectivity index (χ1v) is 5.69. The van der Waals surface area contributed by atoms with Crippen LogP contribution in [0.2, 0.25) is 0 Å². The quantitative estimate of drug-likeness (QED) is 0.772. The molecule has 0 aromatic carbocycles. The second-order valence-electron chi connectivity index (χ2n) is 4.33. The molecule has 1 aromatic heterocycles. The standard InChI is InChI=1S/C12H17N3O2/c1-8-2-3-9(4-14-8)5-15-12(16)10-6-17-7-11(10)13/h2-4,10-11H,5-7,13H2,1H3,(H,15,16). The van der Waals surface area contributed by atoms with Gasteiger partial charge in [-0.2, -0.15) is 0 Å². The number of ether oxygens (including phenoxy) is 1. The summed E-state index contributed by atoms with van der Waals surface area (Å²) in [5.41, 5.74) is 7.72. The minimum absolute atomic E-state index is 0.0458. The molecule has 2 rings (SSSR count). The van der Waals surface area contributed by atoms with Crippen molar-refractivity contribution < 1.29 is 9.53 Å². The molecule has 0 saturated carbocycles. The number of hydrogen-bond acceptors (Lipinski definition) is 4. The lowest BCUT2D eigenvalue weighted by Crippen LogP contribution is -2.40. The molecule has 5 heteroatoms. The number of nitrogens with zero attached hydrogens (tertiary/aromatic N) is 1. The van der Waals surface area contributed by atoms with Gasteiger partial charge in [-0.1, -0.05) is 6.07 Å². The number of nitrogens with one attached hydrogen (secondary N) is 1. The van der Waals surface area contributed by atoms with Gasteiger partial charge in [-0.15, -0.1) is 0 Å². The molecule has 0 aliphatic carbocycles. The molecule has 17 heavy (non-hydrogen) atoms. The molecular weight excluding hydrogens is 218 g/mol. The maximum absolute atomic E-state index is 11.8. The van der Waals surface area contributed by atoms with Crippen LogP contribution in [0.15, 0.2) is 18.3 Å². The zero-order valence-corrected chi connectivity index (χ0v) is 9.85. The maximum atomic E-state index is 11.8. The lowest BCUT2D eigenvalue weighted by Gasteiger charge is -2.13. The Bertz CT molecular complexity index is 391. The van der Waals surface area contributed by atoms with Crippen LogP contribution in [-0.4, -0.2) is 30.1 Å². The van der Waals surface area contributed by atoms with Crippen LogP contribution < -0.4 is 11.1 Å². The predicted octanol–water partition coefficient (Wildman–Crippen LogP) is -0.0201. The summed E-state index contributed by atoms with van der Waals surface area (Å²) in [4.78, 5) is 16.0. The van der Waals surface area contributed by atoms with Crippen molar-refractivity contribution in [2.24, 2.45) is 11.7 Å². The van der Waals surface area contributed by atoms with Crippen molar-refractivity contribution in [3.05, 3.63) is 29.6 Å². The van der Waals surface area contributed by atoms with Crippen molar-refractivity contribution in [1.29, 1.82) is 0 Å². The first-order chi connectivity index (χ1) is 8.16. The average Bonchev–Trinajstić information content (AvgIpc) is 2.74. The van der Waals surface area contributed by atoms with Crippen LogP contribution in [-0.2, 0) is 16.1 Å². The van der Waals surface area contributed by atoms with Gasteiger partial charge in [0.2, 0.25) is 5.91 Å². The van der Waals surface area contributed by atoms with Crippen LogP contribution in [0, 0.1) is 12.8 Å². The third kappa shape index (κ3) is 3.01. The summed E-state index contributed by atoms with van der Waals surface area (Å²) in [6.45, 7) is 3.29. The lowest BCUT2D eigenvalue weighted by molar-refractivity contribution is -0.125. The van der Waals surface area contributed by atoms with Crippen molar-refractivity contribution in [1.82, 2.24) is 10.3 Å². The van der Waals surface area contributed by atoms with E-state index in [1.54, 1.807) is 6.20 Å². The molecule has 1 aromatic rings. The first kappa shape index (κ1) is 12.0. The van der Waals surface area contributed by atoms with Crippen LogP contribution in [0.4, 0.5) is 0 Å². The van der Waals surface area contributed by atoms with Crippen LogP contribution in [0.3, 0.4) is 0 Å². The van der Waals surface area contributed by atoms with Gasteiger partial charge in [0.05, 0.1) is 19.1 Å². The molecule has 1 aliphatic rings. The average molecular weight is 235 g/mol. The summed E-state index contributed by atoms with van der Waals surface area (Å²) in [5, 5.41) is 2.85. The summed E-state index contributed by atoms with van der Waals surface area (Å²) in [6.07, 6.45) is 1.76. The van der Waals surface area contributed by atoms with Gasteiger partial charge in [0.15, 0.2) is 0 Å². The molecule has 1 amide bonds. The van der Waals surface area contributed by atoms with Gasteiger partial charge < -0.3 is 15.8 Å². The number of rotatable bonds is 3. The minimum atomic E-state index is -0.228. The van der Waals surface area contributed by atoms with E-state index in [-0.39, 0.29) is 17.9 Å². The highest BCUT2D eigenvalue weighted by Crippen LogP contribution is 2.11. The summed E-state index contributed by atoms with van der Waals surface area (Å²) in [6, 6.07) is 3.69. The van der Waals surface area contributed by atoms with E-state index >= 15 is 0 Å². The number of amides is 1. The van der Waals surface area contributed by atoms with Crippen molar-refractivity contribution in [2.75, 3.05) is 13.2 Å². The van der Waals surface area contributed by atoms with Gasteiger partial charge in [0.1, 0.15) is 0 Å². The number of aromatic nitrogens is 1. The van der Waals surface area contributed by atoms with E-state index in [1.807, 2.05) is 19.1 Å². The van der Waals surface area contributed by atoms with E-state index in [0.717, 1.165) is 11.3 Å². The molecular formula is C12H17N3O2. The van der Waals surface area contributed by atoms with Gasteiger partial charge in [-0.25, -0.2) is 0 Å². The van der Waals surface area contributed by atoms with Crippen LogP contribution in [0.1, 0.15) is 11.3 Å². The van der Waals surface area contributed by atoms with E-state index < -0.39 is 0 Å². The maximum Gasteiger partial charge on any atom is 0.227 e. The van der Waals surface area contributed by atoms with Gasteiger partial charge >= 0.3 is 0 Å². The predicted molar refractivity (Wildman–Crippen MR) is 63.1 cm³/mol. The third-order valence-electron chi connectivity index (χ3n) is 2.90. The van der Waals surface area contributed by atoms with E-state index in [1.165, 1.54) is 0 Å². The molecule has 1 aliphatic heterocycles. The largest absolute Gasteiger partial charge is 0.379 e. The van der Waals surface area contributed by atoms with E-state index in [2.05, 4.69) is 10.3 Å². The van der Waals surface area contributed by atoms with Gasteiger partial charge in [0, 0.05) is 24.5 Å². The van der Waals surface area contributed by atoms with Crippen molar-refractivity contribution in [2.45, 2.75) is 19.5 Å². The van der Waals surface area contributed by atoms with Crippen molar-refractivity contribution in [3.8, 4) is 0 Å². The summed E-state index contributed by atoms with van der Waals surface area (Å²) in [7, 11) is 0. The fourth-order valence-corrected chi connectivity index (χ4v) is 1.76. The molecule has 5 nitrogen and oxygen atoms in total. The molecule has 1 fully saturated rings. The Kier molecular flexibility index (Phi) is 3.71. The Morgan fingerprint density at radius 3 is 3.00 bits per heavy atom. The third-order valence-corrected chi connectivity index (χ3v) is 2.90. The van der Waals surface area contributed by atoms with E-state index in [9.17, 15) is 4.79 Å². The van der Waals surface area contributed by atoms with Crippen LogP contribution in [0.25, 0.3) is 0 Å². The van der Waals surface area contributed by atoms with Crippen LogP contribution >= 0.6 is 0 Å². The molecule has 1 saturated heterocycles. The number of aryl methyl sites for hydroxylation is 1. The minimum Gasteiger partial charge on any atom is -0.379 e. The molecule has 2 unspecified atom stereocenters. The molecule has 2 atom stereocenters. The molecule has 0 spiro atoms. The lowest BCUT2D eigenvalue weighted by atomic mass is 10.0. The summed E-state index contributed by atoms with van der Waals surface area (Å²) < 4.78 is 5.16. The van der Waals surface area contributed by atoms with Crippen molar-refractivity contribution >= 4 is 5.91 Å². The number of pyridine rings is 1. The van der Waals surface area contributed by atoms with Gasteiger partial charge in [-0.3, -0.25) is 9.78 Å². The Hall–Kier alpha value is -1.46. The SMILES string of the molecule is Cc1ccc(CNC(=O)C2COCC2N)cn1. The molecule has 92 valence electrons. The Labute approximate surface area is 100 Å². The topological polar surface area (TPSA) is 77.2 Å². The van der Waals surface area contributed by atoms with E-state index in [0.29, 0.717) is 19.8 Å². The highest BCUT2D eigenvalue weighted by molar-refractivity contribution is 5.79. The zero-order chi connectivity index (χ0) is 12.3. The van der Waals surface area contributed by atoms with E-state index in [4.69, 9.17) is 10.5 Å². The molecule has 0 bridgehead atoms. The first-order valence-electron chi connectivity index (χ1n) is 5.69. The van der Waals surface area contributed by atoms with Crippen LogP contribution in [0.5, 0.6) is 0 Å². The van der Waals surface area contributed by atoms with Crippen molar-refractivity contribution in [3.63, 3.8) is 0 Å². The summed E-state index contributed by atoms with van der Waals surface area (Å²) >= 11 is 0. The Balaban J connectivity index is 1.85.